The van der Waals surface area contributed by atoms with Crippen LogP contribution in [0.3, 0.4) is 0 Å². The zero-order valence-corrected chi connectivity index (χ0v) is 12.3. The van der Waals surface area contributed by atoms with Gasteiger partial charge < -0.3 is 9.88 Å². The molecule has 0 aromatic carbocycles. The van der Waals surface area contributed by atoms with Crippen LogP contribution < -0.4 is 10.9 Å². The predicted molar refractivity (Wildman–Crippen MR) is 77.6 cm³/mol. The van der Waals surface area contributed by atoms with Crippen molar-refractivity contribution in [3.05, 3.63) is 28.3 Å². The molecule has 0 saturated carbocycles. The maximum absolute atomic E-state index is 12.4. The van der Waals surface area contributed by atoms with Gasteiger partial charge in [0.2, 0.25) is 5.91 Å². The molecule has 0 aliphatic rings. The lowest BCUT2D eigenvalue weighted by Gasteiger charge is -2.12. The summed E-state index contributed by atoms with van der Waals surface area (Å²) in [6.45, 7) is 5.83. The number of aryl methyl sites for hydroxylation is 2. The molecule has 1 atom stereocenters. The van der Waals surface area contributed by atoms with Gasteiger partial charge in [0, 0.05) is 24.7 Å². The van der Waals surface area contributed by atoms with E-state index in [4.69, 9.17) is 0 Å². The first-order chi connectivity index (χ1) is 9.43. The summed E-state index contributed by atoms with van der Waals surface area (Å²) >= 11 is 0. The lowest BCUT2D eigenvalue weighted by atomic mass is 10.2. The van der Waals surface area contributed by atoms with Crippen molar-refractivity contribution < 1.29 is 4.79 Å². The SMILES string of the molecule is CC[C@H](C)NC(=O)Cn1ccc2c(C)nn(C)c2c1=O. The van der Waals surface area contributed by atoms with Gasteiger partial charge in [0.1, 0.15) is 12.1 Å². The number of rotatable bonds is 4. The van der Waals surface area contributed by atoms with Crippen molar-refractivity contribution in [3.63, 3.8) is 0 Å². The average molecular weight is 276 g/mol. The molecule has 0 aliphatic carbocycles. The third kappa shape index (κ3) is 2.59. The van der Waals surface area contributed by atoms with Crippen LogP contribution in [0.4, 0.5) is 0 Å². The molecule has 2 heterocycles. The summed E-state index contributed by atoms with van der Waals surface area (Å²) in [6.07, 6.45) is 2.51. The van der Waals surface area contributed by atoms with Crippen LogP contribution in [0.1, 0.15) is 26.0 Å². The summed E-state index contributed by atoms with van der Waals surface area (Å²) in [4.78, 5) is 24.2. The highest BCUT2D eigenvalue weighted by Crippen LogP contribution is 2.12. The molecule has 6 nitrogen and oxygen atoms in total. The van der Waals surface area contributed by atoms with Crippen LogP contribution in [0.2, 0.25) is 0 Å². The van der Waals surface area contributed by atoms with Crippen LogP contribution in [-0.4, -0.2) is 26.3 Å². The fraction of sp³-hybridized carbons (Fsp3) is 0.500. The summed E-state index contributed by atoms with van der Waals surface area (Å²) in [7, 11) is 1.74. The maximum atomic E-state index is 12.4. The Morgan fingerprint density at radius 3 is 2.85 bits per heavy atom. The van der Waals surface area contributed by atoms with Gasteiger partial charge in [0.05, 0.1) is 5.69 Å². The number of amides is 1. The van der Waals surface area contributed by atoms with Crippen LogP contribution in [0.15, 0.2) is 17.1 Å². The highest BCUT2D eigenvalue weighted by atomic mass is 16.2. The first kappa shape index (κ1) is 14.3. The van der Waals surface area contributed by atoms with Gasteiger partial charge in [-0.25, -0.2) is 0 Å². The van der Waals surface area contributed by atoms with Crippen LogP contribution in [0.25, 0.3) is 10.9 Å². The van der Waals surface area contributed by atoms with Gasteiger partial charge in [-0.3, -0.25) is 14.3 Å². The Morgan fingerprint density at radius 2 is 2.20 bits per heavy atom. The Hall–Kier alpha value is -2.11. The van der Waals surface area contributed by atoms with Gasteiger partial charge in [-0.2, -0.15) is 5.10 Å². The minimum Gasteiger partial charge on any atom is -0.352 e. The smallest absolute Gasteiger partial charge is 0.277 e. The predicted octanol–water partition coefficient (Wildman–Crippen LogP) is 0.958. The molecule has 0 bridgehead atoms. The van der Waals surface area contributed by atoms with Crippen LogP contribution >= 0.6 is 0 Å². The number of aromatic nitrogens is 3. The molecule has 108 valence electrons. The number of carbonyl (C=O) groups is 1. The molecule has 2 rings (SSSR count). The molecule has 0 unspecified atom stereocenters. The zero-order valence-electron chi connectivity index (χ0n) is 12.3. The molecular weight excluding hydrogens is 256 g/mol. The monoisotopic (exact) mass is 276 g/mol. The minimum absolute atomic E-state index is 0.0311. The van der Waals surface area contributed by atoms with Gasteiger partial charge in [0.25, 0.3) is 5.56 Å². The molecule has 0 spiro atoms. The van der Waals surface area contributed by atoms with Crippen molar-refractivity contribution in [3.8, 4) is 0 Å². The first-order valence-corrected chi connectivity index (χ1v) is 6.76. The van der Waals surface area contributed by atoms with Crippen molar-refractivity contribution in [2.45, 2.75) is 39.8 Å². The van der Waals surface area contributed by atoms with Gasteiger partial charge in [0.15, 0.2) is 0 Å². The molecule has 2 aromatic rings. The fourth-order valence-electron chi connectivity index (χ4n) is 2.20. The van der Waals surface area contributed by atoms with Gasteiger partial charge in [-0.15, -0.1) is 0 Å². The van der Waals surface area contributed by atoms with Gasteiger partial charge >= 0.3 is 0 Å². The van der Waals surface area contributed by atoms with E-state index in [1.165, 1.54) is 4.57 Å². The standard InChI is InChI=1S/C14H20N4O2/c1-5-9(2)15-12(19)8-18-7-6-11-10(3)16-17(4)13(11)14(18)20/h6-7,9H,5,8H2,1-4H3,(H,15,19)/t9-/m0/s1. The molecule has 0 aliphatic heterocycles. The Bertz CT molecular complexity index is 699. The molecule has 20 heavy (non-hydrogen) atoms. The molecule has 1 amide bonds. The summed E-state index contributed by atoms with van der Waals surface area (Å²) in [5.41, 5.74) is 1.15. The second-order valence-electron chi connectivity index (χ2n) is 5.10. The second-order valence-corrected chi connectivity index (χ2v) is 5.10. The van der Waals surface area contributed by atoms with Crippen LogP contribution in [0, 0.1) is 6.92 Å². The van der Waals surface area contributed by atoms with E-state index >= 15 is 0 Å². The average Bonchev–Trinajstić information content (AvgIpc) is 2.68. The van der Waals surface area contributed by atoms with E-state index in [0.29, 0.717) is 5.52 Å². The largest absolute Gasteiger partial charge is 0.352 e. The quantitative estimate of drug-likeness (QED) is 0.904. The second kappa shape index (κ2) is 5.48. The summed E-state index contributed by atoms with van der Waals surface area (Å²) in [5.74, 6) is -0.153. The third-order valence-electron chi connectivity index (χ3n) is 3.49. The highest BCUT2D eigenvalue weighted by Gasteiger charge is 2.13. The lowest BCUT2D eigenvalue weighted by molar-refractivity contribution is -0.122. The Kier molecular flexibility index (Phi) is 3.92. The topological polar surface area (TPSA) is 68.9 Å². The van der Waals surface area contributed by atoms with Crippen molar-refractivity contribution in [2.24, 2.45) is 7.05 Å². The molecular formula is C14H20N4O2. The third-order valence-corrected chi connectivity index (χ3v) is 3.49. The number of pyridine rings is 1. The van der Waals surface area contributed by atoms with E-state index in [0.717, 1.165) is 17.5 Å². The van der Waals surface area contributed by atoms with E-state index in [2.05, 4.69) is 10.4 Å². The number of hydrogen-bond acceptors (Lipinski definition) is 3. The number of fused-ring (bicyclic) bond motifs is 1. The summed E-state index contributed by atoms with van der Waals surface area (Å²) < 4.78 is 2.98. The van der Waals surface area contributed by atoms with E-state index in [1.54, 1.807) is 17.9 Å². The van der Waals surface area contributed by atoms with Crippen molar-refractivity contribution in [1.82, 2.24) is 19.7 Å². The van der Waals surface area contributed by atoms with E-state index in [-0.39, 0.29) is 24.1 Å². The molecule has 0 fully saturated rings. The minimum atomic E-state index is -0.190. The van der Waals surface area contributed by atoms with Gasteiger partial charge in [-0.1, -0.05) is 6.92 Å². The maximum Gasteiger partial charge on any atom is 0.277 e. The lowest BCUT2D eigenvalue weighted by Crippen LogP contribution is -2.37. The van der Waals surface area contributed by atoms with E-state index in [9.17, 15) is 9.59 Å². The van der Waals surface area contributed by atoms with Crippen molar-refractivity contribution in [2.75, 3.05) is 0 Å². The first-order valence-electron chi connectivity index (χ1n) is 6.76. The molecule has 0 saturated heterocycles. The Labute approximate surface area is 117 Å². The van der Waals surface area contributed by atoms with E-state index in [1.807, 2.05) is 26.8 Å². The molecule has 6 heteroatoms. The Balaban J connectivity index is 2.32. The Morgan fingerprint density at radius 1 is 1.50 bits per heavy atom. The van der Waals surface area contributed by atoms with Gasteiger partial charge in [-0.05, 0) is 26.3 Å². The number of carbonyl (C=O) groups excluding carboxylic acids is 1. The number of nitrogens with one attached hydrogen (secondary N) is 1. The molecule has 0 radical (unpaired) electrons. The van der Waals surface area contributed by atoms with Crippen molar-refractivity contribution >= 4 is 16.8 Å². The van der Waals surface area contributed by atoms with E-state index < -0.39 is 0 Å². The van der Waals surface area contributed by atoms with Crippen molar-refractivity contribution in [1.29, 1.82) is 0 Å². The normalized spacial score (nSPS) is 12.6. The number of hydrogen-bond donors (Lipinski definition) is 1. The highest BCUT2D eigenvalue weighted by molar-refractivity contribution is 5.81. The summed E-state index contributed by atoms with van der Waals surface area (Å²) in [6, 6.07) is 1.94. The molecule has 2 aromatic heterocycles. The van der Waals surface area contributed by atoms with Crippen LogP contribution in [0.5, 0.6) is 0 Å². The zero-order chi connectivity index (χ0) is 14.9. The summed E-state index contributed by atoms with van der Waals surface area (Å²) in [5, 5.41) is 7.92. The van der Waals surface area contributed by atoms with Crippen LogP contribution in [-0.2, 0) is 18.4 Å². The molecule has 1 N–H and O–H groups in total. The number of nitrogens with zero attached hydrogens (tertiary/aromatic N) is 3. The fourth-order valence-corrected chi connectivity index (χ4v) is 2.20.